The molecule has 0 fully saturated rings. The minimum atomic E-state index is -4.96. The van der Waals surface area contributed by atoms with Crippen LogP contribution in [0.25, 0.3) is 0 Å². The monoisotopic (exact) mass is 1450 g/mol. The Morgan fingerprint density at radius 3 is 0.687 bits per heavy atom. The number of aliphatic hydroxyl groups excluding tert-OH is 1. The van der Waals surface area contributed by atoms with Crippen LogP contribution in [0.4, 0.5) is 0 Å². The number of aliphatic hydroxyl groups is 1. The van der Waals surface area contributed by atoms with Gasteiger partial charge in [0.25, 0.3) is 0 Å². The van der Waals surface area contributed by atoms with Gasteiger partial charge in [0, 0.05) is 25.7 Å². The molecule has 0 aromatic heterocycles. The summed E-state index contributed by atoms with van der Waals surface area (Å²) in [5, 5.41) is 10.6. The molecule has 0 rings (SSSR count). The number of carbonyl (C=O) groups is 4. The van der Waals surface area contributed by atoms with E-state index in [0.29, 0.717) is 25.7 Å². The maximum Gasteiger partial charge on any atom is 0.472 e. The molecular weight excluding hydrogens is 1290 g/mol. The maximum atomic E-state index is 13.1. The van der Waals surface area contributed by atoms with E-state index >= 15 is 0 Å². The molecule has 0 bridgehead atoms. The van der Waals surface area contributed by atoms with Crippen LogP contribution in [0.5, 0.6) is 0 Å². The van der Waals surface area contributed by atoms with Gasteiger partial charge >= 0.3 is 39.5 Å². The minimum Gasteiger partial charge on any atom is -0.462 e. The topological polar surface area (TPSA) is 237 Å². The first-order chi connectivity index (χ1) is 48.0. The van der Waals surface area contributed by atoms with Crippen molar-refractivity contribution in [3.8, 4) is 0 Å². The smallest absolute Gasteiger partial charge is 0.462 e. The zero-order valence-electron chi connectivity index (χ0n) is 64.6. The van der Waals surface area contributed by atoms with Crippen LogP contribution in [0, 0.1) is 5.92 Å². The van der Waals surface area contributed by atoms with Crippen molar-refractivity contribution in [1.82, 2.24) is 0 Å². The van der Waals surface area contributed by atoms with Crippen LogP contribution in [0.15, 0.2) is 0 Å². The maximum absolute atomic E-state index is 13.1. The van der Waals surface area contributed by atoms with Gasteiger partial charge in [-0.3, -0.25) is 37.3 Å². The van der Waals surface area contributed by atoms with E-state index in [2.05, 4.69) is 34.6 Å². The minimum absolute atomic E-state index is 0.108. The number of unbranched alkanes of at least 4 members (excludes halogenated alkanes) is 52. The Morgan fingerprint density at radius 1 is 0.273 bits per heavy atom. The number of hydrogen-bond donors (Lipinski definition) is 3. The molecule has 0 radical (unpaired) electrons. The molecule has 2 unspecified atom stereocenters. The molecule has 0 spiro atoms. The van der Waals surface area contributed by atoms with Gasteiger partial charge < -0.3 is 33.8 Å². The third-order valence-electron chi connectivity index (χ3n) is 18.8. The summed E-state index contributed by atoms with van der Waals surface area (Å²) in [6.07, 6.45) is 64.3. The molecule has 0 aliphatic rings. The second-order valence-electron chi connectivity index (χ2n) is 29.3. The number of phosphoric acid groups is 2. The molecular formula is C80H156O17P2. The number of phosphoric ester groups is 2. The summed E-state index contributed by atoms with van der Waals surface area (Å²) < 4.78 is 68.4. The lowest BCUT2D eigenvalue weighted by Crippen LogP contribution is -2.30. The summed E-state index contributed by atoms with van der Waals surface area (Å²) in [6, 6.07) is 0. The Kier molecular flexibility index (Phi) is 71.6. The molecule has 0 saturated heterocycles. The van der Waals surface area contributed by atoms with E-state index in [4.69, 9.17) is 37.0 Å². The SMILES string of the molecule is CCCCCCCCCCCCCCCCCCCCCCC(=O)O[C@H](COC(=O)CCCCCCCCCCCCCCCCCCC(C)C)COP(=O)(O)OC[C@@H](O)COP(=O)(O)OC[C@@H](COC(=O)CCCCCCC)OC(=O)CCCCCCCCCCCCCCCCC. The summed E-state index contributed by atoms with van der Waals surface area (Å²) in [7, 11) is -9.91. The summed E-state index contributed by atoms with van der Waals surface area (Å²) in [6.45, 7) is 7.27. The standard InChI is InChI=1S/C80H156O17P2/c1-6-9-12-15-17-19-21-23-25-26-27-28-29-35-39-43-47-51-56-61-66-80(85)97-76(70-91-78(83)64-59-54-49-45-41-37-34-31-30-33-36-40-44-48-53-57-62-73(4)5)72-95-99(88,89)93-68-74(81)67-92-98(86,87)94-71-75(69-90-77(82)63-58-52-14-11-8-3)96-79(84)65-60-55-50-46-42-38-32-24-22-20-18-16-13-10-7-2/h73-76,81H,6-72H2,1-5H3,(H,86,87)(H,88,89)/t74-,75+,76+/m0/s1. The lowest BCUT2D eigenvalue weighted by Gasteiger charge is -2.21. The number of esters is 4. The van der Waals surface area contributed by atoms with E-state index in [9.17, 15) is 43.2 Å². The number of ether oxygens (including phenoxy) is 4. The van der Waals surface area contributed by atoms with E-state index in [1.165, 1.54) is 244 Å². The molecule has 0 aliphatic carbocycles. The molecule has 0 aromatic carbocycles. The van der Waals surface area contributed by atoms with E-state index in [1.54, 1.807) is 0 Å². The molecule has 19 heteroatoms. The fourth-order valence-electron chi connectivity index (χ4n) is 12.4. The van der Waals surface area contributed by atoms with Crippen molar-refractivity contribution in [3.05, 3.63) is 0 Å². The summed E-state index contributed by atoms with van der Waals surface area (Å²) in [5.41, 5.74) is 0. The number of rotatable bonds is 80. The second kappa shape index (κ2) is 73.0. The van der Waals surface area contributed by atoms with Crippen LogP contribution >= 0.6 is 15.6 Å². The highest BCUT2D eigenvalue weighted by molar-refractivity contribution is 7.47. The highest BCUT2D eigenvalue weighted by atomic mass is 31.2. The van der Waals surface area contributed by atoms with Gasteiger partial charge in [0.1, 0.15) is 19.3 Å². The Labute approximate surface area is 607 Å². The molecule has 0 saturated carbocycles. The average molecular weight is 1450 g/mol. The van der Waals surface area contributed by atoms with Crippen molar-refractivity contribution in [2.45, 2.75) is 445 Å². The van der Waals surface area contributed by atoms with Crippen molar-refractivity contribution in [1.29, 1.82) is 0 Å². The lowest BCUT2D eigenvalue weighted by molar-refractivity contribution is -0.161. The highest BCUT2D eigenvalue weighted by Gasteiger charge is 2.30. The van der Waals surface area contributed by atoms with Gasteiger partial charge in [-0.05, 0) is 31.6 Å². The van der Waals surface area contributed by atoms with Crippen LogP contribution in [-0.2, 0) is 65.4 Å². The lowest BCUT2D eigenvalue weighted by atomic mass is 10.0. The molecule has 0 aromatic rings. The van der Waals surface area contributed by atoms with Crippen molar-refractivity contribution < 1.29 is 80.2 Å². The largest absolute Gasteiger partial charge is 0.472 e. The fraction of sp³-hybridized carbons (Fsp3) is 0.950. The fourth-order valence-corrected chi connectivity index (χ4v) is 14.0. The Bertz CT molecular complexity index is 1890. The van der Waals surface area contributed by atoms with Crippen LogP contribution in [-0.4, -0.2) is 96.7 Å². The zero-order chi connectivity index (χ0) is 72.7. The van der Waals surface area contributed by atoms with Crippen molar-refractivity contribution in [2.75, 3.05) is 39.6 Å². The zero-order valence-corrected chi connectivity index (χ0v) is 66.4. The van der Waals surface area contributed by atoms with Gasteiger partial charge in [-0.25, -0.2) is 9.13 Å². The van der Waals surface area contributed by atoms with E-state index in [0.717, 1.165) is 102 Å². The molecule has 0 amide bonds. The van der Waals surface area contributed by atoms with Crippen molar-refractivity contribution >= 4 is 39.5 Å². The first-order valence-corrected chi connectivity index (χ1v) is 44.6. The number of hydrogen-bond acceptors (Lipinski definition) is 15. The quantitative estimate of drug-likeness (QED) is 0.0222. The predicted molar refractivity (Wildman–Crippen MR) is 405 cm³/mol. The summed E-state index contributed by atoms with van der Waals surface area (Å²) in [5.74, 6) is -1.31. The third kappa shape index (κ3) is 74.1. The molecule has 3 N–H and O–H groups in total. The van der Waals surface area contributed by atoms with Crippen LogP contribution in [0.2, 0.25) is 0 Å². The summed E-state index contributed by atoms with van der Waals surface area (Å²) in [4.78, 5) is 72.7. The molecule has 99 heavy (non-hydrogen) atoms. The normalized spacial score (nSPS) is 13.9. The Balaban J connectivity index is 5.12. The first kappa shape index (κ1) is 97.1. The van der Waals surface area contributed by atoms with Crippen molar-refractivity contribution in [3.63, 3.8) is 0 Å². The van der Waals surface area contributed by atoms with E-state index in [1.807, 2.05) is 0 Å². The second-order valence-corrected chi connectivity index (χ2v) is 32.2. The molecule has 5 atom stereocenters. The van der Waals surface area contributed by atoms with Gasteiger partial charge in [-0.1, -0.05) is 375 Å². The van der Waals surface area contributed by atoms with Crippen LogP contribution < -0.4 is 0 Å². The van der Waals surface area contributed by atoms with Gasteiger partial charge in [-0.2, -0.15) is 0 Å². The van der Waals surface area contributed by atoms with Gasteiger partial charge in [-0.15, -0.1) is 0 Å². The van der Waals surface area contributed by atoms with E-state index < -0.39 is 97.5 Å². The van der Waals surface area contributed by atoms with Crippen LogP contribution in [0.3, 0.4) is 0 Å². The third-order valence-corrected chi connectivity index (χ3v) is 20.7. The van der Waals surface area contributed by atoms with Crippen molar-refractivity contribution in [2.24, 2.45) is 5.92 Å². The average Bonchev–Trinajstić information content (AvgIpc) is 1.36. The molecule has 588 valence electrons. The van der Waals surface area contributed by atoms with Crippen LogP contribution in [0.1, 0.15) is 426 Å². The molecule has 17 nitrogen and oxygen atoms in total. The van der Waals surface area contributed by atoms with Gasteiger partial charge in [0.2, 0.25) is 0 Å². The molecule has 0 heterocycles. The Morgan fingerprint density at radius 2 is 0.465 bits per heavy atom. The van der Waals surface area contributed by atoms with E-state index in [-0.39, 0.29) is 25.7 Å². The number of carbonyl (C=O) groups excluding carboxylic acids is 4. The predicted octanol–water partition coefficient (Wildman–Crippen LogP) is 24.0. The highest BCUT2D eigenvalue weighted by Crippen LogP contribution is 2.45. The first-order valence-electron chi connectivity index (χ1n) is 41.6. The summed E-state index contributed by atoms with van der Waals surface area (Å²) >= 11 is 0. The Hall–Kier alpha value is -1.94. The van der Waals surface area contributed by atoms with Gasteiger partial charge in [0.05, 0.1) is 26.4 Å². The van der Waals surface area contributed by atoms with Gasteiger partial charge in [0.15, 0.2) is 12.2 Å². The molecule has 0 aliphatic heterocycles.